The molecule has 4 aromatic rings. The van der Waals surface area contributed by atoms with Crippen molar-refractivity contribution in [1.82, 2.24) is 14.5 Å². The fourth-order valence-corrected chi connectivity index (χ4v) is 7.85. The molecule has 0 radical (unpaired) electrons. The molecule has 2 heterocycles. The van der Waals surface area contributed by atoms with Gasteiger partial charge in [0.05, 0.1) is 34.7 Å². The number of carboxylic acids is 1. The number of likely N-dealkylation sites (tertiary alicyclic amines) is 1. The first kappa shape index (κ1) is 38.0. The van der Waals surface area contributed by atoms with Gasteiger partial charge in [-0.1, -0.05) is 19.1 Å². The number of benzene rings is 3. The van der Waals surface area contributed by atoms with Crippen LogP contribution in [0.2, 0.25) is 0 Å². The maximum absolute atomic E-state index is 13.9. The van der Waals surface area contributed by atoms with Crippen LogP contribution in [0.4, 0.5) is 37.7 Å². The summed E-state index contributed by atoms with van der Waals surface area (Å²) in [6.07, 6.45) is -3.28. The summed E-state index contributed by atoms with van der Waals surface area (Å²) in [7, 11) is 4.01. The molecule has 15 heteroatoms. The number of carbonyl (C=O) groups excluding carboxylic acids is 1. The molecule has 2 N–H and O–H groups in total. The van der Waals surface area contributed by atoms with Gasteiger partial charge in [-0.05, 0) is 97.6 Å². The van der Waals surface area contributed by atoms with E-state index in [-0.39, 0.29) is 42.9 Å². The molecule has 4 atom stereocenters. The Hall–Kier alpha value is -4.24. The molecular weight excluding hydrogens is 696 g/mol. The minimum atomic E-state index is -4.58. The molecule has 274 valence electrons. The standard InChI is InChI=1S/C28H34F2N4O2S.C8H5F4NO/c1-17-13-21(34-12-11-28(29,30)16-34)14-23(26(17)27(35)36)19-5-7-20(8-6-19)33(4)37-22-9-10-25-24(15-22)31-18(2)32(25)3;9-6-3-5(8(10,11)12)1-2-7(6)13-4-14/h5-10,15,17,21,23,26H,11-14,16H2,1-4H3,(H,35,36);1-4H,(H,13,14)/t17-,21?,23-,26?;/m0./s1. The summed E-state index contributed by atoms with van der Waals surface area (Å²) in [6.45, 7) is 4.09. The molecule has 1 aliphatic carbocycles. The van der Waals surface area contributed by atoms with Crippen LogP contribution in [0, 0.1) is 24.6 Å². The number of anilines is 2. The number of nitrogens with one attached hydrogen (secondary N) is 1. The predicted molar refractivity (Wildman–Crippen MR) is 184 cm³/mol. The summed E-state index contributed by atoms with van der Waals surface area (Å²) in [5, 5.41) is 12.0. The van der Waals surface area contributed by atoms with Crippen molar-refractivity contribution < 1.29 is 41.0 Å². The number of halogens is 6. The van der Waals surface area contributed by atoms with Crippen LogP contribution in [0.3, 0.4) is 0 Å². The van der Waals surface area contributed by atoms with Gasteiger partial charge in [-0.25, -0.2) is 18.2 Å². The number of nitrogens with zero attached hydrogens (tertiary/aromatic N) is 4. The highest BCUT2D eigenvalue weighted by atomic mass is 32.2. The highest BCUT2D eigenvalue weighted by molar-refractivity contribution is 8.00. The molecule has 0 bridgehead atoms. The third kappa shape index (κ3) is 8.80. The lowest BCUT2D eigenvalue weighted by atomic mass is 9.68. The number of fused-ring (bicyclic) bond motifs is 1. The van der Waals surface area contributed by atoms with Crippen LogP contribution in [0.15, 0.2) is 65.6 Å². The number of aliphatic carboxylic acids is 1. The van der Waals surface area contributed by atoms with Gasteiger partial charge < -0.3 is 19.3 Å². The lowest BCUT2D eigenvalue weighted by Gasteiger charge is -2.42. The summed E-state index contributed by atoms with van der Waals surface area (Å²) in [4.78, 5) is 29.7. The molecule has 6 rings (SSSR count). The van der Waals surface area contributed by atoms with Gasteiger partial charge in [0.15, 0.2) is 0 Å². The second kappa shape index (κ2) is 15.2. The zero-order valence-electron chi connectivity index (χ0n) is 28.4. The third-order valence-electron chi connectivity index (χ3n) is 9.73. The van der Waals surface area contributed by atoms with E-state index in [9.17, 15) is 41.0 Å². The van der Waals surface area contributed by atoms with Gasteiger partial charge in [0.2, 0.25) is 6.41 Å². The molecule has 1 saturated heterocycles. The largest absolute Gasteiger partial charge is 0.481 e. The maximum atomic E-state index is 13.9. The molecule has 1 saturated carbocycles. The van der Waals surface area contributed by atoms with Crippen molar-refractivity contribution in [1.29, 1.82) is 0 Å². The SMILES string of the molecule is Cc1nc2cc(SN(C)c3ccc([C@@H]4CC(N5CCC(F)(F)C5)C[C@H](C)C4C(=O)O)cc3)ccc2n1C.O=CNc1ccc(C(F)(F)F)cc1F. The third-order valence-corrected chi connectivity index (χ3v) is 10.7. The molecule has 1 aromatic heterocycles. The Morgan fingerprint density at radius 3 is 2.39 bits per heavy atom. The van der Waals surface area contributed by atoms with E-state index in [1.807, 2.05) is 62.4 Å². The lowest BCUT2D eigenvalue weighted by molar-refractivity contribution is -0.146. The average molecular weight is 736 g/mol. The molecule has 8 nitrogen and oxygen atoms in total. The highest BCUT2D eigenvalue weighted by Gasteiger charge is 2.46. The summed E-state index contributed by atoms with van der Waals surface area (Å²) < 4.78 is 80.9. The van der Waals surface area contributed by atoms with Gasteiger partial charge >= 0.3 is 12.1 Å². The summed E-state index contributed by atoms with van der Waals surface area (Å²) in [5.41, 5.74) is 2.64. The number of carbonyl (C=O) groups is 2. The van der Waals surface area contributed by atoms with E-state index in [2.05, 4.69) is 32.1 Å². The van der Waals surface area contributed by atoms with Crippen molar-refractivity contribution in [2.24, 2.45) is 18.9 Å². The van der Waals surface area contributed by atoms with Crippen LogP contribution in [-0.4, -0.2) is 64.0 Å². The van der Waals surface area contributed by atoms with E-state index < -0.39 is 35.4 Å². The normalized spacial score (nSPS) is 21.9. The smallest absolute Gasteiger partial charge is 0.416 e. The van der Waals surface area contributed by atoms with Crippen LogP contribution in [0.1, 0.15) is 49.1 Å². The number of hydrogen-bond donors (Lipinski definition) is 2. The predicted octanol–water partition coefficient (Wildman–Crippen LogP) is 8.36. The van der Waals surface area contributed by atoms with E-state index in [1.165, 1.54) is 0 Å². The first-order valence-corrected chi connectivity index (χ1v) is 17.1. The molecule has 0 spiro atoms. The first-order chi connectivity index (χ1) is 24.0. The minimum absolute atomic E-state index is 0.0213. The number of imidazole rings is 1. The Balaban J connectivity index is 0.000000303. The molecule has 1 amide bonds. The fourth-order valence-electron chi connectivity index (χ4n) is 7.01. The fraction of sp³-hybridized carbons (Fsp3) is 0.417. The molecular formula is C36H39F6N5O3S. The first-order valence-electron chi connectivity index (χ1n) is 16.3. The van der Waals surface area contributed by atoms with Crippen molar-refractivity contribution >= 4 is 46.7 Å². The van der Waals surface area contributed by atoms with E-state index in [0.717, 1.165) is 39.1 Å². The van der Waals surface area contributed by atoms with E-state index in [0.29, 0.717) is 31.5 Å². The average Bonchev–Trinajstić information content (AvgIpc) is 3.57. The number of aryl methyl sites for hydroxylation is 2. The van der Waals surface area contributed by atoms with Gasteiger partial charge in [0.1, 0.15) is 11.6 Å². The van der Waals surface area contributed by atoms with Crippen LogP contribution < -0.4 is 9.62 Å². The quantitative estimate of drug-likeness (QED) is 0.107. The van der Waals surface area contributed by atoms with Gasteiger partial charge in [-0.15, -0.1) is 0 Å². The van der Waals surface area contributed by atoms with Crippen molar-refractivity contribution in [2.75, 3.05) is 29.8 Å². The molecule has 2 unspecified atom stereocenters. The number of aromatic nitrogens is 2. The Labute approximate surface area is 296 Å². The van der Waals surface area contributed by atoms with E-state index in [1.54, 1.807) is 11.9 Å². The summed E-state index contributed by atoms with van der Waals surface area (Å²) in [6, 6.07) is 16.1. The molecule has 2 aliphatic rings. The Bertz CT molecular complexity index is 1870. The van der Waals surface area contributed by atoms with E-state index in [4.69, 9.17) is 0 Å². The molecule has 3 aromatic carbocycles. The molecule has 2 fully saturated rings. The number of alkyl halides is 5. The Morgan fingerprint density at radius 2 is 1.80 bits per heavy atom. The number of carboxylic acid groups (broad SMARTS) is 1. The van der Waals surface area contributed by atoms with Crippen molar-refractivity contribution in [3.8, 4) is 0 Å². The van der Waals surface area contributed by atoms with Crippen LogP contribution in [-0.2, 0) is 22.8 Å². The van der Waals surface area contributed by atoms with E-state index >= 15 is 0 Å². The van der Waals surface area contributed by atoms with Crippen LogP contribution in [0.25, 0.3) is 11.0 Å². The van der Waals surface area contributed by atoms with Crippen LogP contribution in [0.5, 0.6) is 0 Å². The summed E-state index contributed by atoms with van der Waals surface area (Å²) >= 11 is 1.60. The zero-order chi connectivity index (χ0) is 37.2. The maximum Gasteiger partial charge on any atom is 0.416 e. The van der Waals surface area contributed by atoms with Crippen molar-refractivity contribution in [3.05, 3.63) is 83.4 Å². The molecule has 51 heavy (non-hydrogen) atoms. The Morgan fingerprint density at radius 1 is 1.10 bits per heavy atom. The lowest BCUT2D eigenvalue weighted by Crippen LogP contribution is -2.45. The van der Waals surface area contributed by atoms with Gasteiger partial charge in [-0.3, -0.25) is 14.5 Å². The minimum Gasteiger partial charge on any atom is -0.481 e. The number of hydrogen-bond acceptors (Lipinski definition) is 6. The van der Waals surface area contributed by atoms with Crippen LogP contribution >= 0.6 is 11.9 Å². The Kier molecular flexibility index (Phi) is 11.3. The summed E-state index contributed by atoms with van der Waals surface area (Å²) in [5.74, 6) is -4.41. The topological polar surface area (TPSA) is 90.7 Å². The second-order valence-corrected chi connectivity index (χ2v) is 14.4. The number of rotatable bonds is 8. The van der Waals surface area contributed by atoms with Gasteiger partial charge in [0, 0.05) is 43.7 Å². The number of amides is 1. The van der Waals surface area contributed by atoms with Gasteiger partial charge in [0.25, 0.3) is 5.92 Å². The zero-order valence-corrected chi connectivity index (χ0v) is 29.2. The van der Waals surface area contributed by atoms with Crippen molar-refractivity contribution in [2.45, 2.75) is 62.1 Å². The second-order valence-electron chi connectivity index (χ2n) is 13.2. The molecule has 1 aliphatic heterocycles. The van der Waals surface area contributed by atoms with Crippen molar-refractivity contribution in [3.63, 3.8) is 0 Å². The highest BCUT2D eigenvalue weighted by Crippen LogP contribution is 2.45. The monoisotopic (exact) mass is 735 g/mol. The van der Waals surface area contributed by atoms with Gasteiger partial charge in [-0.2, -0.15) is 13.2 Å².